The number of hydrogen-bond acceptors (Lipinski definition) is 3. The van der Waals surface area contributed by atoms with Crippen molar-refractivity contribution in [1.29, 1.82) is 0 Å². The van der Waals surface area contributed by atoms with Gasteiger partial charge >= 0.3 is 0 Å². The third kappa shape index (κ3) is 5.35. The van der Waals surface area contributed by atoms with Crippen LogP contribution in [0.5, 0.6) is 0 Å². The highest BCUT2D eigenvalue weighted by atomic mass is 15.0. The molecule has 0 aliphatic heterocycles. The van der Waals surface area contributed by atoms with Crippen molar-refractivity contribution in [2.24, 2.45) is 0 Å². The largest absolute Gasteiger partial charge is 0.309 e. The summed E-state index contributed by atoms with van der Waals surface area (Å²) in [6.45, 7) is 0. The van der Waals surface area contributed by atoms with Crippen LogP contribution >= 0.6 is 0 Å². The van der Waals surface area contributed by atoms with Gasteiger partial charge in [0.1, 0.15) is 0 Å². The molecule has 0 N–H and O–H groups in total. The number of nitrogens with zero attached hydrogens (tertiary/aromatic N) is 4. The van der Waals surface area contributed by atoms with Crippen LogP contribution in [0.25, 0.3) is 83.9 Å². The summed E-state index contributed by atoms with van der Waals surface area (Å²) in [6, 6.07) is 44.6. The first-order valence-corrected chi connectivity index (χ1v) is 16.0. The second-order valence-corrected chi connectivity index (χ2v) is 11.6. The third-order valence-electron chi connectivity index (χ3n) is 8.50. The molecule has 0 atom stereocenters. The summed E-state index contributed by atoms with van der Waals surface area (Å²) in [5.74, 6) is 0.732. The van der Waals surface area contributed by atoms with Crippen LogP contribution < -0.4 is 0 Å². The Kier molecular flexibility index (Phi) is 5.67. The summed E-state index contributed by atoms with van der Waals surface area (Å²) in [6.07, 6.45) is 0. The fraction of sp³-hybridized carbons (Fsp3) is 0. The monoisotopic (exact) mass is 632 g/mol. The van der Waals surface area contributed by atoms with E-state index < -0.39 is 0 Å². The molecule has 0 aliphatic rings. The van der Waals surface area contributed by atoms with Crippen LogP contribution in [-0.4, -0.2) is 19.5 Å². The Bertz CT molecular complexity index is 2900. The Morgan fingerprint density at radius 3 is 1.27 bits per heavy atom. The van der Waals surface area contributed by atoms with Gasteiger partial charge in [-0.2, -0.15) is 0 Å². The SMILES string of the molecule is [2H]c1c(-c2ccccc2)c([2H])c2c(c1[2H])c1c([2H])c([2H])c(-c3nc(-c4ccccc4)nc(-c4ccc(-c5ccccc5)cc4)n3)c([2H])c1n2-c1ccccc1. The maximum atomic E-state index is 9.83. The molecule has 0 spiro atoms. The molecule has 7 aromatic carbocycles. The molecule has 0 amide bonds. The van der Waals surface area contributed by atoms with Crippen molar-refractivity contribution in [3.8, 4) is 62.1 Å². The normalized spacial score (nSPS) is 13.0. The van der Waals surface area contributed by atoms with Crippen LogP contribution in [-0.2, 0) is 0 Å². The molecule has 0 saturated carbocycles. The van der Waals surface area contributed by atoms with Gasteiger partial charge in [-0.3, -0.25) is 0 Å². The van der Waals surface area contributed by atoms with Gasteiger partial charge in [-0.25, -0.2) is 15.0 Å². The summed E-state index contributed by atoms with van der Waals surface area (Å²) < 4.78 is 58.3. The van der Waals surface area contributed by atoms with E-state index in [0.29, 0.717) is 34.0 Å². The standard InChI is InChI=1S/C45H30N4/c1-5-13-31(14-6-1)33-21-23-35(24-22-33)44-46-43(34-17-9-3-10-18-34)47-45(48-44)37-26-28-40-39-27-25-36(32-15-7-2-8-16-32)29-41(39)49(42(40)30-37)38-19-11-4-12-20-38/h1-30H/i25D,26D,27D,28D,29D,30D. The second-order valence-electron chi connectivity index (χ2n) is 11.6. The lowest BCUT2D eigenvalue weighted by Gasteiger charge is -2.11. The van der Waals surface area contributed by atoms with E-state index in [4.69, 9.17) is 16.3 Å². The Labute approximate surface area is 293 Å². The summed E-state index contributed by atoms with van der Waals surface area (Å²) in [5.41, 5.74) is 5.52. The number of fused-ring (bicyclic) bond motifs is 3. The molecule has 0 bridgehead atoms. The molecule has 230 valence electrons. The molecule has 4 heteroatoms. The fourth-order valence-corrected chi connectivity index (χ4v) is 6.07. The number of hydrogen-bond donors (Lipinski definition) is 0. The van der Waals surface area contributed by atoms with E-state index >= 15 is 0 Å². The topological polar surface area (TPSA) is 43.6 Å². The number of aromatic nitrogens is 4. The van der Waals surface area contributed by atoms with Crippen LogP contribution in [0.15, 0.2) is 182 Å². The highest BCUT2D eigenvalue weighted by Gasteiger charge is 2.17. The van der Waals surface area contributed by atoms with Gasteiger partial charge in [0.05, 0.1) is 19.3 Å². The highest BCUT2D eigenvalue weighted by Crippen LogP contribution is 2.37. The smallest absolute Gasteiger partial charge is 0.164 e. The molecule has 0 fully saturated rings. The molecule has 0 unspecified atom stereocenters. The van der Waals surface area contributed by atoms with Crippen molar-refractivity contribution in [1.82, 2.24) is 19.5 Å². The van der Waals surface area contributed by atoms with E-state index in [9.17, 15) is 6.85 Å². The maximum absolute atomic E-state index is 9.83. The summed E-state index contributed by atoms with van der Waals surface area (Å²) in [7, 11) is 0. The van der Waals surface area contributed by atoms with Gasteiger partial charge in [0.25, 0.3) is 0 Å². The maximum Gasteiger partial charge on any atom is 0.164 e. The second kappa shape index (κ2) is 12.2. The Hall–Kier alpha value is -6.65. The van der Waals surface area contributed by atoms with Crippen molar-refractivity contribution in [2.45, 2.75) is 0 Å². The zero-order chi connectivity index (χ0) is 37.8. The molecule has 0 radical (unpaired) electrons. The minimum Gasteiger partial charge on any atom is -0.309 e. The van der Waals surface area contributed by atoms with Crippen molar-refractivity contribution >= 4 is 21.8 Å². The van der Waals surface area contributed by atoms with Crippen LogP contribution in [0.2, 0.25) is 0 Å². The highest BCUT2D eigenvalue weighted by molar-refractivity contribution is 6.11. The molecule has 9 aromatic rings. The minimum atomic E-state index is -0.301. The summed E-state index contributed by atoms with van der Waals surface area (Å²) in [4.78, 5) is 14.6. The molecule has 49 heavy (non-hydrogen) atoms. The zero-order valence-corrected chi connectivity index (χ0v) is 26.1. The van der Waals surface area contributed by atoms with Crippen molar-refractivity contribution in [3.63, 3.8) is 0 Å². The summed E-state index contributed by atoms with van der Waals surface area (Å²) in [5, 5.41) is 0.324. The van der Waals surface area contributed by atoms with E-state index in [-0.39, 0.29) is 75.0 Å². The average molecular weight is 633 g/mol. The van der Waals surface area contributed by atoms with Gasteiger partial charge in [0, 0.05) is 33.2 Å². The van der Waals surface area contributed by atoms with Crippen LogP contribution in [0.1, 0.15) is 8.22 Å². The van der Waals surface area contributed by atoms with E-state index in [0.717, 1.165) is 11.1 Å². The van der Waals surface area contributed by atoms with Crippen molar-refractivity contribution in [2.75, 3.05) is 0 Å². The average Bonchev–Trinajstić information content (AvgIpc) is 3.61. The van der Waals surface area contributed by atoms with Gasteiger partial charge in [0.15, 0.2) is 17.5 Å². The zero-order valence-electron chi connectivity index (χ0n) is 32.1. The fourth-order valence-electron chi connectivity index (χ4n) is 6.07. The van der Waals surface area contributed by atoms with Gasteiger partial charge < -0.3 is 4.57 Å². The van der Waals surface area contributed by atoms with E-state index in [1.54, 1.807) is 16.7 Å². The summed E-state index contributed by atoms with van der Waals surface area (Å²) >= 11 is 0. The number of para-hydroxylation sites is 1. The van der Waals surface area contributed by atoms with Gasteiger partial charge in [-0.1, -0.05) is 158 Å². The van der Waals surface area contributed by atoms with Gasteiger partial charge in [-0.15, -0.1) is 0 Å². The minimum absolute atomic E-state index is 0.0121. The lowest BCUT2D eigenvalue weighted by atomic mass is 10.0. The van der Waals surface area contributed by atoms with Crippen LogP contribution in [0.4, 0.5) is 0 Å². The molecular formula is C45H30N4. The molecule has 0 aliphatic carbocycles. The molecule has 2 aromatic heterocycles. The molecule has 2 heterocycles. The van der Waals surface area contributed by atoms with E-state index in [2.05, 4.69) is 0 Å². The third-order valence-corrected chi connectivity index (χ3v) is 8.50. The van der Waals surface area contributed by atoms with Crippen molar-refractivity contribution < 1.29 is 8.22 Å². The van der Waals surface area contributed by atoms with E-state index in [1.165, 1.54) is 0 Å². The predicted octanol–water partition coefficient (Wildman–Crippen LogP) is 11.3. The van der Waals surface area contributed by atoms with Crippen LogP contribution in [0, 0.1) is 0 Å². The number of rotatable bonds is 6. The Morgan fingerprint density at radius 1 is 0.347 bits per heavy atom. The van der Waals surface area contributed by atoms with Crippen molar-refractivity contribution in [3.05, 3.63) is 182 Å². The first kappa shape index (κ1) is 22.8. The molecule has 9 rings (SSSR count). The lowest BCUT2D eigenvalue weighted by molar-refractivity contribution is 1.07. The first-order valence-electron chi connectivity index (χ1n) is 19.0. The number of benzene rings is 7. The first-order chi connectivity index (χ1) is 26.8. The molecule has 4 nitrogen and oxygen atoms in total. The predicted molar refractivity (Wildman–Crippen MR) is 201 cm³/mol. The Balaban J connectivity index is 1.35. The quantitative estimate of drug-likeness (QED) is 0.183. The lowest BCUT2D eigenvalue weighted by Crippen LogP contribution is -2.00. The Morgan fingerprint density at radius 2 is 0.714 bits per heavy atom. The van der Waals surface area contributed by atoms with Crippen LogP contribution in [0.3, 0.4) is 0 Å². The van der Waals surface area contributed by atoms with E-state index in [1.807, 2.05) is 133 Å². The molecule has 0 saturated heterocycles. The molecular weight excluding hydrogens is 597 g/mol. The van der Waals surface area contributed by atoms with Gasteiger partial charge in [0.2, 0.25) is 0 Å². The van der Waals surface area contributed by atoms with Gasteiger partial charge in [-0.05, 0) is 46.5 Å².